The van der Waals surface area contributed by atoms with Crippen molar-refractivity contribution in [3.8, 4) is 0 Å². The van der Waals surface area contributed by atoms with Gasteiger partial charge in [-0.15, -0.1) is 0 Å². The van der Waals surface area contributed by atoms with Crippen LogP contribution in [0.25, 0.3) is 11.2 Å². The van der Waals surface area contributed by atoms with E-state index in [0.29, 0.717) is 22.4 Å². The van der Waals surface area contributed by atoms with Gasteiger partial charge in [0.2, 0.25) is 0 Å². The summed E-state index contributed by atoms with van der Waals surface area (Å²) in [5.41, 5.74) is 2.29. The molecule has 0 saturated carbocycles. The van der Waals surface area contributed by atoms with Gasteiger partial charge >= 0.3 is 5.69 Å². The first-order chi connectivity index (χ1) is 10.4. The molecule has 0 saturated heterocycles. The SMILES string of the molecule is Cc1cccc(Cn2c(Br)nc3c2c(=O)n(C)c(=O)n3C)c1. The lowest BCUT2D eigenvalue weighted by Crippen LogP contribution is -2.37. The van der Waals surface area contributed by atoms with Crippen LogP contribution >= 0.6 is 15.9 Å². The van der Waals surface area contributed by atoms with Gasteiger partial charge in [-0.3, -0.25) is 13.9 Å². The fraction of sp³-hybridized carbons (Fsp3) is 0.267. The third-order valence-corrected chi connectivity index (χ3v) is 4.33. The first kappa shape index (κ1) is 14.8. The Morgan fingerprint density at radius 2 is 1.91 bits per heavy atom. The number of hydrogen-bond acceptors (Lipinski definition) is 3. The number of aromatic nitrogens is 4. The molecule has 0 aliphatic rings. The van der Waals surface area contributed by atoms with Gasteiger partial charge in [0, 0.05) is 14.1 Å². The second-order valence-corrected chi connectivity index (χ2v) is 6.04. The number of imidazole rings is 1. The first-order valence-electron chi connectivity index (χ1n) is 6.77. The summed E-state index contributed by atoms with van der Waals surface area (Å²) in [6, 6.07) is 8.06. The fourth-order valence-corrected chi connectivity index (χ4v) is 3.03. The summed E-state index contributed by atoms with van der Waals surface area (Å²) in [6.07, 6.45) is 0. The molecule has 2 aromatic heterocycles. The average molecular weight is 363 g/mol. The van der Waals surface area contributed by atoms with Gasteiger partial charge in [0.15, 0.2) is 15.9 Å². The third kappa shape index (κ3) is 2.21. The Labute approximate surface area is 134 Å². The van der Waals surface area contributed by atoms with Crippen LogP contribution in [0, 0.1) is 6.92 Å². The highest BCUT2D eigenvalue weighted by Gasteiger charge is 2.17. The van der Waals surface area contributed by atoms with E-state index in [1.165, 1.54) is 11.6 Å². The molecule has 0 atom stereocenters. The Kier molecular flexibility index (Phi) is 3.52. The molecule has 0 bridgehead atoms. The molecule has 3 rings (SSSR count). The van der Waals surface area contributed by atoms with Crippen molar-refractivity contribution in [1.29, 1.82) is 0 Å². The predicted molar refractivity (Wildman–Crippen MR) is 88.2 cm³/mol. The van der Waals surface area contributed by atoms with Gasteiger partial charge in [0.1, 0.15) is 0 Å². The summed E-state index contributed by atoms with van der Waals surface area (Å²) in [7, 11) is 3.09. The van der Waals surface area contributed by atoms with Gasteiger partial charge in [0.05, 0.1) is 6.54 Å². The highest BCUT2D eigenvalue weighted by molar-refractivity contribution is 9.10. The molecular weight excluding hydrogens is 348 g/mol. The summed E-state index contributed by atoms with van der Waals surface area (Å²) < 4.78 is 4.80. The zero-order chi connectivity index (χ0) is 16.0. The average Bonchev–Trinajstić information content (AvgIpc) is 2.80. The molecule has 0 amide bonds. The van der Waals surface area contributed by atoms with E-state index < -0.39 is 0 Å². The first-order valence-corrected chi connectivity index (χ1v) is 7.56. The second kappa shape index (κ2) is 5.24. The van der Waals surface area contributed by atoms with E-state index in [4.69, 9.17) is 0 Å². The molecule has 3 aromatic rings. The quantitative estimate of drug-likeness (QED) is 0.649. The predicted octanol–water partition coefficient (Wildman–Crippen LogP) is 1.55. The van der Waals surface area contributed by atoms with Gasteiger partial charge in [-0.05, 0) is 28.4 Å². The van der Waals surface area contributed by atoms with Crippen molar-refractivity contribution in [3.05, 3.63) is 61.0 Å². The molecule has 0 unspecified atom stereocenters. The van der Waals surface area contributed by atoms with Crippen LogP contribution < -0.4 is 11.2 Å². The monoisotopic (exact) mass is 362 g/mol. The number of benzene rings is 1. The van der Waals surface area contributed by atoms with E-state index >= 15 is 0 Å². The van der Waals surface area contributed by atoms with Crippen molar-refractivity contribution in [2.24, 2.45) is 14.1 Å². The van der Waals surface area contributed by atoms with Crippen molar-refractivity contribution >= 4 is 27.1 Å². The van der Waals surface area contributed by atoms with Gasteiger partial charge in [-0.1, -0.05) is 29.8 Å². The van der Waals surface area contributed by atoms with Gasteiger partial charge in [-0.25, -0.2) is 9.78 Å². The molecular formula is C15H15BrN4O2. The Balaban J connectivity index is 2.29. The molecule has 6 nitrogen and oxygen atoms in total. The van der Waals surface area contributed by atoms with Gasteiger partial charge in [-0.2, -0.15) is 0 Å². The molecule has 0 aliphatic carbocycles. The molecule has 0 spiro atoms. The molecule has 1 aromatic carbocycles. The number of fused-ring (bicyclic) bond motifs is 1. The normalized spacial score (nSPS) is 11.3. The van der Waals surface area contributed by atoms with Gasteiger partial charge < -0.3 is 4.57 Å². The second-order valence-electron chi connectivity index (χ2n) is 5.33. The Morgan fingerprint density at radius 3 is 2.59 bits per heavy atom. The third-order valence-electron chi connectivity index (χ3n) is 3.72. The maximum absolute atomic E-state index is 12.5. The summed E-state index contributed by atoms with van der Waals surface area (Å²) in [5, 5.41) is 0. The minimum Gasteiger partial charge on any atom is -0.308 e. The summed E-state index contributed by atoms with van der Waals surface area (Å²) in [6.45, 7) is 2.53. The van der Waals surface area contributed by atoms with E-state index in [1.807, 2.05) is 25.1 Å². The van der Waals surface area contributed by atoms with E-state index in [0.717, 1.165) is 15.7 Å². The Bertz CT molecular complexity index is 997. The summed E-state index contributed by atoms with van der Waals surface area (Å²) >= 11 is 3.39. The topological polar surface area (TPSA) is 61.8 Å². The fourth-order valence-electron chi connectivity index (χ4n) is 2.56. The number of hydrogen-bond donors (Lipinski definition) is 0. The van der Waals surface area contributed by atoms with Gasteiger partial charge in [0.25, 0.3) is 5.56 Å². The lowest BCUT2D eigenvalue weighted by Gasteiger charge is -2.08. The number of nitrogens with zero attached hydrogens (tertiary/aromatic N) is 4. The zero-order valence-corrected chi connectivity index (χ0v) is 14.1. The zero-order valence-electron chi connectivity index (χ0n) is 12.5. The van der Waals surface area contributed by atoms with Crippen molar-refractivity contribution in [1.82, 2.24) is 18.7 Å². The molecule has 114 valence electrons. The lowest BCUT2D eigenvalue weighted by molar-refractivity contribution is 0.702. The molecule has 7 heteroatoms. The van der Waals surface area contributed by atoms with E-state index in [-0.39, 0.29) is 11.2 Å². The number of rotatable bonds is 2. The molecule has 2 heterocycles. The van der Waals surface area contributed by atoms with Crippen LogP contribution in [0.1, 0.15) is 11.1 Å². The van der Waals surface area contributed by atoms with Crippen molar-refractivity contribution in [3.63, 3.8) is 0 Å². The molecule has 22 heavy (non-hydrogen) atoms. The minimum atomic E-state index is -0.384. The highest BCUT2D eigenvalue weighted by atomic mass is 79.9. The highest BCUT2D eigenvalue weighted by Crippen LogP contribution is 2.18. The van der Waals surface area contributed by atoms with Crippen molar-refractivity contribution < 1.29 is 0 Å². The Hall–Kier alpha value is -2.15. The smallest absolute Gasteiger partial charge is 0.308 e. The van der Waals surface area contributed by atoms with Crippen LogP contribution in [0.15, 0.2) is 38.6 Å². The van der Waals surface area contributed by atoms with Crippen LogP contribution in [0.2, 0.25) is 0 Å². The molecule has 0 aliphatic heterocycles. The molecule has 0 radical (unpaired) electrons. The number of halogens is 1. The van der Waals surface area contributed by atoms with Crippen LogP contribution in [-0.4, -0.2) is 18.7 Å². The van der Waals surface area contributed by atoms with E-state index in [2.05, 4.69) is 27.0 Å². The van der Waals surface area contributed by atoms with Crippen LogP contribution in [0.5, 0.6) is 0 Å². The summed E-state index contributed by atoms with van der Waals surface area (Å²) in [5.74, 6) is 0. The largest absolute Gasteiger partial charge is 0.332 e. The van der Waals surface area contributed by atoms with E-state index in [1.54, 1.807) is 11.6 Å². The summed E-state index contributed by atoms with van der Waals surface area (Å²) in [4.78, 5) is 28.8. The van der Waals surface area contributed by atoms with Crippen molar-refractivity contribution in [2.45, 2.75) is 13.5 Å². The maximum Gasteiger partial charge on any atom is 0.332 e. The molecule has 0 N–H and O–H groups in total. The Morgan fingerprint density at radius 1 is 1.18 bits per heavy atom. The molecule has 0 fully saturated rings. The lowest BCUT2D eigenvalue weighted by atomic mass is 10.1. The standard InChI is InChI=1S/C15H15BrN4O2/c1-9-5-4-6-10(7-9)8-20-11-12(17-14(20)16)18(2)15(22)19(3)13(11)21/h4-7H,8H2,1-3H3. The van der Waals surface area contributed by atoms with Crippen molar-refractivity contribution in [2.75, 3.05) is 0 Å². The van der Waals surface area contributed by atoms with Crippen LogP contribution in [-0.2, 0) is 20.6 Å². The van der Waals surface area contributed by atoms with E-state index in [9.17, 15) is 9.59 Å². The maximum atomic E-state index is 12.5. The van der Waals surface area contributed by atoms with Crippen LogP contribution in [0.3, 0.4) is 0 Å². The van der Waals surface area contributed by atoms with Crippen LogP contribution in [0.4, 0.5) is 0 Å². The minimum absolute atomic E-state index is 0.344. The number of aryl methyl sites for hydroxylation is 2.